The summed E-state index contributed by atoms with van der Waals surface area (Å²) in [4.78, 5) is 13.6. The van der Waals surface area contributed by atoms with Crippen LogP contribution in [0.2, 0.25) is 0 Å². The maximum absolute atomic E-state index is 12.8. The van der Waals surface area contributed by atoms with Gasteiger partial charge in [0.15, 0.2) is 0 Å². The summed E-state index contributed by atoms with van der Waals surface area (Å²) >= 11 is 0. The molecule has 0 aromatic heterocycles. The number of allylic oxidation sites excluding steroid dienone is 4. The van der Waals surface area contributed by atoms with Crippen molar-refractivity contribution in [2.45, 2.75) is 39.0 Å². The van der Waals surface area contributed by atoms with Crippen molar-refractivity contribution in [2.24, 2.45) is 11.8 Å². The van der Waals surface area contributed by atoms with E-state index in [2.05, 4.69) is 13.5 Å². The van der Waals surface area contributed by atoms with Crippen molar-refractivity contribution in [3.8, 4) is 0 Å². The van der Waals surface area contributed by atoms with Gasteiger partial charge in [-0.3, -0.25) is 4.79 Å². The normalized spacial score (nSPS) is 23.2. The van der Waals surface area contributed by atoms with Crippen molar-refractivity contribution < 1.29 is 31.1 Å². The van der Waals surface area contributed by atoms with Gasteiger partial charge in [0.1, 0.15) is 0 Å². The molecule has 1 unspecified atom stereocenters. The van der Waals surface area contributed by atoms with Gasteiger partial charge in [-0.2, -0.15) is 26.3 Å². The van der Waals surface area contributed by atoms with Crippen molar-refractivity contribution in [3.05, 3.63) is 36.0 Å². The SMILES string of the molecule is C=C(/C=C(\C=C\CC(=O)N1CC[C@H](C)C(C)C1)C(F)(F)F)C(F)(F)F. The molecule has 1 heterocycles. The molecule has 0 N–H and O–H groups in total. The average Bonchev–Trinajstić information content (AvgIpc) is 2.46. The molecule has 0 bridgehead atoms. The molecule has 0 aromatic carbocycles. The molecule has 0 saturated carbocycles. The average molecular weight is 369 g/mol. The van der Waals surface area contributed by atoms with Gasteiger partial charge in [-0.15, -0.1) is 0 Å². The zero-order valence-electron chi connectivity index (χ0n) is 14.0. The second-order valence-corrected chi connectivity index (χ2v) is 6.31. The monoisotopic (exact) mass is 369 g/mol. The topological polar surface area (TPSA) is 20.3 Å². The summed E-state index contributed by atoms with van der Waals surface area (Å²) in [5.41, 5.74) is -3.10. The molecule has 1 aliphatic rings. The Morgan fingerprint density at radius 3 is 2.20 bits per heavy atom. The second kappa shape index (κ2) is 8.10. The number of nitrogens with zero attached hydrogens (tertiary/aromatic N) is 1. The van der Waals surface area contributed by atoms with Crippen LogP contribution >= 0.6 is 0 Å². The van der Waals surface area contributed by atoms with Crippen LogP contribution in [-0.2, 0) is 4.79 Å². The van der Waals surface area contributed by atoms with E-state index in [0.29, 0.717) is 31.0 Å². The first kappa shape index (κ1) is 21.3. The van der Waals surface area contributed by atoms with E-state index in [-0.39, 0.29) is 18.4 Å². The summed E-state index contributed by atoms with van der Waals surface area (Å²) in [6.07, 6.45) is -8.03. The Labute approximate surface area is 142 Å². The van der Waals surface area contributed by atoms with Gasteiger partial charge < -0.3 is 4.90 Å². The molecule has 1 saturated heterocycles. The van der Waals surface area contributed by atoms with Crippen molar-refractivity contribution in [2.75, 3.05) is 13.1 Å². The summed E-state index contributed by atoms with van der Waals surface area (Å²) < 4.78 is 75.5. The van der Waals surface area contributed by atoms with Crippen LogP contribution in [0.25, 0.3) is 0 Å². The molecule has 1 aliphatic heterocycles. The molecular weight excluding hydrogens is 348 g/mol. The van der Waals surface area contributed by atoms with Crippen LogP contribution in [-0.4, -0.2) is 36.2 Å². The third-order valence-corrected chi connectivity index (χ3v) is 4.30. The number of piperidine rings is 1. The Morgan fingerprint density at radius 2 is 1.72 bits per heavy atom. The van der Waals surface area contributed by atoms with Gasteiger partial charge in [0.05, 0.1) is 5.57 Å². The molecule has 25 heavy (non-hydrogen) atoms. The lowest BCUT2D eigenvalue weighted by Crippen LogP contribution is -2.41. The second-order valence-electron chi connectivity index (χ2n) is 6.31. The lowest BCUT2D eigenvalue weighted by molar-refractivity contribution is -0.132. The maximum Gasteiger partial charge on any atom is 0.416 e. The quantitative estimate of drug-likeness (QED) is 0.502. The zero-order valence-corrected chi connectivity index (χ0v) is 14.0. The highest BCUT2D eigenvalue weighted by molar-refractivity contribution is 5.77. The van der Waals surface area contributed by atoms with Gasteiger partial charge in [0, 0.05) is 25.1 Å². The number of likely N-dealkylation sites (tertiary alicyclic amines) is 1. The first-order chi connectivity index (χ1) is 11.3. The molecule has 0 spiro atoms. The molecule has 2 nitrogen and oxygen atoms in total. The summed E-state index contributed by atoms with van der Waals surface area (Å²) in [5.74, 6) is 0.418. The molecule has 8 heteroatoms. The minimum absolute atomic E-state index is 0.0639. The molecule has 0 aromatic rings. The molecule has 142 valence electrons. The van der Waals surface area contributed by atoms with E-state index < -0.39 is 23.5 Å². The Balaban J connectivity index is 2.77. The summed E-state index contributed by atoms with van der Waals surface area (Å²) in [7, 11) is 0. The highest BCUT2D eigenvalue weighted by Gasteiger charge is 2.36. The lowest BCUT2D eigenvalue weighted by atomic mass is 9.88. The Bertz CT molecular complexity index is 558. The highest BCUT2D eigenvalue weighted by atomic mass is 19.4. The number of alkyl halides is 6. The van der Waals surface area contributed by atoms with Crippen LogP contribution < -0.4 is 0 Å². The number of amides is 1. The molecule has 1 rings (SSSR count). The van der Waals surface area contributed by atoms with E-state index >= 15 is 0 Å². The standard InChI is InChI=1S/C17H21F6NO/c1-11-7-8-24(10-12(11)2)15(25)6-4-5-14(17(21,22)23)9-13(3)16(18,19)20/h4-5,9,11-12H,3,6-8,10H2,1-2H3/b5-4+,14-9+/t11-,12?/m0/s1. The van der Waals surface area contributed by atoms with Crippen molar-refractivity contribution in [1.82, 2.24) is 4.90 Å². The predicted molar refractivity (Wildman–Crippen MR) is 82.6 cm³/mol. The van der Waals surface area contributed by atoms with E-state index in [4.69, 9.17) is 0 Å². The molecule has 1 amide bonds. The number of hydrogen-bond donors (Lipinski definition) is 0. The fourth-order valence-electron chi connectivity index (χ4n) is 2.40. The molecule has 1 fully saturated rings. The van der Waals surface area contributed by atoms with E-state index in [0.717, 1.165) is 12.5 Å². The third-order valence-electron chi connectivity index (χ3n) is 4.30. The van der Waals surface area contributed by atoms with Crippen LogP contribution in [0.3, 0.4) is 0 Å². The van der Waals surface area contributed by atoms with Crippen molar-refractivity contribution >= 4 is 5.91 Å². The fraction of sp³-hybridized carbons (Fsp3) is 0.588. The highest BCUT2D eigenvalue weighted by Crippen LogP contribution is 2.32. The van der Waals surface area contributed by atoms with Crippen LogP contribution in [0.5, 0.6) is 0 Å². The van der Waals surface area contributed by atoms with E-state index in [1.54, 1.807) is 4.90 Å². The summed E-state index contributed by atoms with van der Waals surface area (Å²) in [6.45, 7) is 7.73. The largest absolute Gasteiger partial charge is 0.416 e. The first-order valence-electron chi connectivity index (χ1n) is 7.81. The molecule has 0 aliphatic carbocycles. The van der Waals surface area contributed by atoms with Crippen LogP contribution in [0.4, 0.5) is 26.3 Å². The third kappa shape index (κ3) is 6.59. The van der Waals surface area contributed by atoms with Crippen LogP contribution in [0.15, 0.2) is 36.0 Å². The van der Waals surface area contributed by atoms with Gasteiger partial charge in [-0.05, 0) is 24.3 Å². The summed E-state index contributed by atoms with van der Waals surface area (Å²) in [6, 6.07) is 0. The molecule has 0 radical (unpaired) electrons. The Kier molecular flexibility index (Phi) is 6.90. The summed E-state index contributed by atoms with van der Waals surface area (Å²) in [5, 5.41) is 0. The number of carbonyl (C=O) groups is 1. The van der Waals surface area contributed by atoms with Gasteiger partial charge in [0.2, 0.25) is 5.91 Å². The number of halogens is 6. The Morgan fingerprint density at radius 1 is 1.12 bits per heavy atom. The zero-order chi connectivity index (χ0) is 19.4. The van der Waals surface area contributed by atoms with Crippen LogP contribution in [0, 0.1) is 11.8 Å². The lowest BCUT2D eigenvalue weighted by Gasteiger charge is -2.35. The predicted octanol–water partition coefficient (Wildman–Crippen LogP) is 5.04. The van der Waals surface area contributed by atoms with Crippen LogP contribution in [0.1, 0.15) is 26.7 Å². The van der Waals surface area contributed by atoms with Gasteiger partial charge in [-0.25, -0.2) is 0 Å². The number of hydrogen-bond acceptors (Lipinski definition) is 1. The Hall–Kier alpha value is -1.73. The fourth-order valence-corrected chi connectivity index (χ4v) is 2.40. The smallest absolute Gasteiger partial charge is 0.342 e. The van der Waals surface area contributed by atoms with E-state index in [9.17, 15) is 31.1 Å². The van der Waals surface area contributed by atoms with Gasteiger partial charge >= 0.3 is 12.4 Å². The van der Waals surface area contributed by atoms with Gasteiger partial charge in [-0.1, -0.05) is 32.6 Å². The molecule has 2 atom stereocenters. The number of carbonyl (C=O) groups excluding carboxylic acids is 1. The molecular formula is C17H21F6NO. The van der Waals surface area contributed by atoms with E-state index in [1.807, 2.05) is 6.92 Å². The number of rotatable bonds is 4. The van der Waals surface area contributed by atoms with Crippen molar-refractivity contribution in [1.29, 1.82) is 0 Å². The first-order valence-corrected chi connectivity index (χ1v) is 7.81. The maximum atomic E-state index is 12.8. The minimum Gasteiger partial charge on any atom is -0.342 e. The van der Waals surface area contributed by atoms with Gasteiger partial charge in [0.25, 0.3) is 0 Å². The van der Waals surface area contributed by atoms with E-state index in [1.165, 1.54) is 0 Å². The minimum atomic E-state index is -4.97. The van der Waals surface area contributed by atoms with Crippen molar-refractivity contribution in [3.63, 3.8) is 0 Å².